The topological polar surface area (TPSA) is 63.8 Å². The van der Waals surface area contributed by atoms with Crippen LogP contribution in [0.1, 0.15) is 28.7 Å². The molecule has 2 aromatic heterocycles. The fraction of sp³-hybridized carbons (Fsp3) is 0.364. The third kappa shape index (κ3) is 2.16. The zero-order chi connectivity index (χ0) is 12.6. The van der Waals surface area contributed by atoms with E-state index < -0.39 is 6.10 Å². The van der Waals surface area contributed by atoms with Crippen LogP contribution in [0.25, 0.3) is 0 Å². The zero-order valence-electron chi connectivity index (χ0n) is 9.85. The first-order valence-corrected chi connectivity index (χ1v) is 5.54. The van der Waals surface area contributed by atoms with Gasteiger partial charge in [-0.25, -0.2) is 0 Å². The van der Waals surface area contributed by atoms with Crippen LogP contribution in [0.3, 0.4) is 0 Å². The largest absolute Gasteiger partial charge is 0.382 e. The molecule has 2 heterocycles. The van der Waals surface area contributed by atoms with Crippen molar-refractivity contribution in [3.8, 4) is 0 Å². The van der Waals surface area contributed by atoms with Gasteiger partial charge in [0.25, 0.3) is 0 Å². The van der Waals surface area contributed by atoms with Gasteiger partial charge in [0.2, 0.25) is 0 Å². The average Bonchev–Trinajstić information content (AvgIpc) is 2.61. The number of rotatable bonds is 2. The van der Waals surface area contributed by atoms with E-state index in [1.807, 2.05) is 6.92 Å². The molecule has 1 N–H and O–H groups in total. The highest BCUT2D eigenvalue weighted by atomic mass is 35.5. The Hall–Kier alpha value is -1.46. The number of aliphatic hydroxyl groups excluding tert-OH is 1. The first-order valence-electron chi connectivity index (χ1n) is 5.17. The Labute approximate surface area is 104 Å². The Balaban J connectivity index is 2.50. The summed E-state index contributed by atoms with van der Waals surface area (Å²) in [7, 11) is 1.74. The summed E-state index contributed by atoms with van der Waals surface area (Å²) in [6.07, 6.45) is 0.667. The second-order valence-corrected chi connectivity index (χ2v) is 4.34. The molecule has 0 aromatic carbocycles. The van der Waals surface area contributed by atoms with Crippen molar-refractivity contribution in [2.75, 3.05) is 0 Å². The van der Waals surface area contributed by atoms with Gasteiger partial charge >= 0.3 is 0 Å². The number of hydrogen-bond acceptors (Lipinski definition) is 4. The van der Waals surface area contributed by atoms with Gasteiger partial charge in [0.1, 0.15) is 6.10 Å². The Kier molecular flexibility index (Phi) is 3.13. The fourth-order valence-corrected chi connectivity index (χ4v) is 1.99. The fourth-order valence-electron chi connectivity index (χ4n) is 1.72. The second kappa shape index (κ2) is 4.43. The SMILES string of the molecule is Cc1cc(C(O)c2c(Cl)cnn2C)c(C)nn1. The highest BCUT2D eigenvalue weighted by molar-refractivity contribution is 6.31. The first kappa shape index (κ1) is 12.0. The first-order chi connectivity index (χ1) is 8.00. The van der Waals surface area contributed by atoms with E-state index in [4.69, 9.17) is 11.6 Å². The number of aryl methyl sites for hydroxylation is 3. The lowest BCUT2D eigenvalue weighted by Gasteiger charge is -2.14. The molecule has 0 saturated heterocycles. The van der Waals surface area contributed by atoms with E-state index in [9.17, 15) is 5.11 Å². The van der Waals surface area contributed by atoms with E-state index in [1.54, 1.807) is 24.7 Å². The molecular formula is C11H13ClN4O. The minimum absolute atomic E-state index is 0.439. The lowest BCUT2D eigenvalue weighted by atomic mass is 10.1. The number of aromatic nitrogens is 4. The van der Waals surface area contributed by atoms with E-state index in [1.165, 1.54) is 6.20 Å². The third-order valence-electron chi connectivity index (χ3n) is 2.63. The summed E-state index contributed by atoms with van der Waals surface area (Å²) in [6.45, 7) is 3.63. The maximum Gasteiger partial charge on any atom is 0.124 e. The molecule has 0 fully saturated rings. The minimum Gasteiger partial charge on any atom is -0.382 e. The van der Waals surface area contributed by atoms with Crippen LogP contribution >= 0.6 is 11.6 Å². The summed E-state index contributed by atoms with van der Waals surface area (Å²) in [5.41, 5.74) is 2.69. The average molecular weight is 253 g/mol. The van der Waals surface area contributed by atoms with Gasteiger partial charge in [-0.15, -0.1) is 0 Å². The summed E-state index contributed by atoms with van der Waals surface area (Å²) >= 11 is 6.00. The summed E-state index contributed by atoms with van der Waals surface area (Å²) in [6, 6.07) is 1.80. The molecule has 0 amide bonds. The van der Waals surface area contributed by atoms with Crippen molar-refractivity contribution in [3.05, 3.63) is 39.9 Å². The van der Waals surface area contributed by atoms with Crippen LogP contribution in [0.5, 0.6) is 0 Å². The monoisotopic (exact) mass is 252 g/mol. The highest BCUT2D eigenvalue weighted by Crippen LogP contribution is 2.28. The Morgan fingerprint density at radius 2 is 2.06 bits per heavy atom. The molecule has 1 unspecified atom stereocenters. The van der Waals surface area contributed by atoms with E-state index in [2.05, 4.69) is 15.3 Å². The molecule has 6 heteroatoms. The van der Waals surface area contributed by atoms with Gasteiger partial charge in [-0.2, -0.15) is 15.3 Å². The van der Waals surface area contributed by atoms with Crippen molar-refractivity contribution >= 4 is 11.6 Å². The molecule has 90 valence electrons. The van der Waals surface area contributed by atoms with Crippen LogP contribution in [0.4, 0.5) is 0 Å². The van der Waals surface area contributed by atoms with Gasteiger partial charge < -0.3 is 5.11 Å². The molecule has 0 aliphatic heterocycles. The van der Waals surface area contributed by atoms with Gasteiger partial charge in [-0.05, 0) is 19.9 Å². The van der Waals surface area contributed by atoms with Crippen molar-refractivity contribution in [1.82, 2.24) is 20.0 Å². The zero-order valence-corrected chi connectivity index (χ0v) is 10.6. The van der Waals surface area contributed by atoms with Crippen molar-refractivity contribution < 1.29 is 5.11 Å². The van der Waals surface area contributed by atoms with Gasteiger partial charge in [-0.3, -0.25) is 4.68 Å². The van der Waals surface area contributed by atoms with Gasteiger partial charge in [0, 0.05) is 12.6 Å². The molecule has 0 spiro atoms. The van der Waals surface area contributed by atoms with Crippen molar-refractivity contribution in [1.29, 1.82) is 0 Å². The van der Waals surface area contributed by atoms with Gasteiger partial charge in [0.05, 0.1) is 28.3 Å². The summed E-state index contributed by atoms with van der Waals surface area (Å²) in [4.78, 5) is 0. The Bertz CT molecular complexity index is 533. The molecular weight excluding hydrogens is 240 g/mol. The number of aliphatic hydroxyl groups is 1. The van der Waals surface area contributed by atoms with Crippen molar-refractivity contribution in [2.45, 2.75) is 20.0 Å². The smallest absolute Gasteiger partial charge is 0.124 e. The van der Waals surface area contributed by atoms with Crippen LogP contribution < -0.4 is 0 Å². The molecule has 0 bridgehead atoms. The third-order valence-corrected chi connectivity index (χ3v) is 2.92. The maximum absolute atomic E-state index is 10.3. The standard InChI is InChI=1S/C11H13ClN4O/c1-6-4-8(7(2)15-14-6)11(17)10-9(12)5-13-16(10)3/h4-5,11,17H,1-3H3. The molecule has 1 atom stereocenters. The normalized spacial score (nSPS) is 12.8. The van der Waals surface area contributed by atoms with Crippen molar-refractivity contribution in [3.63, 3.8) is 0 Å². The van der Waals surface area contributed by atoms with Crippen LogP contribution in [0.2, 0.25) is 5.02 Å². The van der Waals surface area contributed by atoms with Crippen LogP contribution in [-0.2, 0) is 7.05 Å². The summed E-state index contributed by atoms with van der Waals surface area (Å²) < 4.78 is 1.56. The van der Waals surface area contributed by atoms with E-state index in [0.29, 0.717) is 22.0 Å². The molecule has 17 heavy (non-hydrogen) atoms. The van der Waals surface area contributed by atoms with E-state index in [0.717, 1.165) is 5.69 Å². The summed E-state index contributed by atoms with van der Waals surface area (Å²) in [5, 5.41) is 22.7. The number of halogens is 1. The molecule has 2 rings (SSSR count). The Morgan fingerprint density at radius 1 is 1.35 bits per heavy atom. The van der Waals surface area contributed by atoms with Crippen LogP contribution in [-0.4, -0.2) is 25.1 Å². The lowest BCUT2D eigenvalue weighted by Crippen LogP contribution is -2.10. The molecule has 0 radical (unpaired) electrons. The highest BCUT2D eigenvalue weighted by Gasteiger charge is 2.21. The van der Waals surface area contributed by atoms with E-state index >= 15 is 0 Å². The second-order valence-electron chi connectivity index (χ2n) is 3.93. The number of hydrogen-bond donors (Lipinski definition) is 1. The molecule has 5 nitrogen and oxygen atoms in total. The molecule has 2 aromatic rings. The minimum atomic E-state index is -0.843. The number of nitrogens with zero attached hydrogens (tertiary/aromatic N) is 4. The predicted octanol–water partition coefficient (Wildman–Crippen LogP) is 1.56. The van der Waals surface area contributed by atoms with Crippen molar-refractivity contribution in [2.24, 2.45) is 7.05 Å². The molecule has 0 saturated carbocycles. The van der Waals surface area contributed by atoms with Crippen LogP contribution in [0.15, 0.2) is 12.3 Å². The van der Waals surface area contributed by atoms with Crippen LogP contribution in [0, 0.1) is 13.8 Å². The molecule has 0 aliphatic carbocycles. The maximum atomic E-state index is 10.3. The van der Waals surface area contributed by atoms with E-state index in [-0.39, 0.29) is 0 Å². The van der Waals surface area contributed by atoms with Gasteiger partial charge in [0.15, 0.2) is 0 Å². The quantitative estimate of drug-likeness (QED) is 0.881. The summed E-state index contributed by atoms with van der Waals surface area (Å²) in [5.74, 6) is 0. The molecule has 0 aliphatic rings. The Morgan fingerprint density at radius 3 is 2.65 bits per heavy atom. The lowest BCUT2D eigenvalue weighted by molar-refractivity contribution is 0.208. The predicted molar refractivity (Wildman–Crippen MR) is 63.8 cm³/mol. The van der Waals surface area contributed by atoms with Gasteiger partial charge in [-0.1, -0.05) is 11.6 Å².